The van der Waals surface area contributed by atoms with Gasteiger partial charge in [0.15, 0.2) is 0 Å². The number of nitrogens with zero attached hydrogens (tertiary/aromatic N) is 1. The summed E-state index contributed by atoms with van der Waals surface area (Å²) in [5.74, 6) is 0.123. The van der Waals surface area contributed by atoms with Gasteiger partial charge in [-0.25, -0.2) is 0 Å². The number of hydrogen-bond donors (Lipinski definition) is 1. The molecule has 1 aromatic heterocycles. The van der Waals surface area contributed by atoms with E-state index < -0.39 is 0 Å². The second-order valence-electron chi connectivity index (χ2n) is 3.90. The summed E-state index contributed by atoms with van der Waals surface area (Å²) in [7, 11) is 0. The molecule has 1 saturated heterocycles. The lowest BCUT2D eigenvalue weighted by Crippen LogP contribution is -2.48. The first kappa shape index (κ1) is 10.6. The zero-order valence-electron chi connectivity index (χ0n) is 8.69. The highest BCUT2D eigenvalue weighted by molar-refractivity contribution is 7.09. The second kappa shape index (κ2) is 4.77. The van der Waals surface area contributed by atoms with Crippen molar-refractivity contribution in [2.24, 2.45) is 5.73 Å². The third-order valence-corrected chi connectivity index (χ3v) is 3.72. The van der Waals surface area contributed by atoms with E-state index >= 15 is 0 Å². The van der Waals surface area contributed by atoms with E-state index in [0.29, 0.717) is 0 Å². The van der Waals surface area contributed by atoms with Crippen LogP contribution in [-0.2, 0) is 11.2 Å². The molecule has 0 aromatic carbocycles. The van der Waals surface area contributed by atoms with Gasteiger partial charge in [0.05, 0.1) is 6.04 Å². The number of likely N-dealkylation sites (tertiary alicyclic amines) is 1. The van der Waals surface area contributed by atoms with Crippen molar-refractivity contribution < 1.29 is 4.79 Å². The number of hydrogen-bond acceptors (Lipinski definition) is 3. The smallest absolute Gasteiger partial charge is 0.239 e. The zero-order valence-corrected chi connectivity index (χ0v) is 9.50. The normalized spacial score (nSPS) is 22.1. The molecule has 1 aliphatic heterocycles. The van der Waals surface area contributed by atoms with E-state index in [1.54, 1.807) is 11.3 Å². The Bertz CT molecular complexity index is 323. The van der Waals surface area contributed by atoms with Crippen molar-refractivity contribution in [3.8, 4) is 0 Å². The predicted octanol–water partition coefficient (Wildman–Crippen LogP) is 1.24. The van der Waals surface area contributed by atoms with E-state index in [2.05, 4.69) is 11.4 Å². The fourth-order valence-electron chi connectivity index (χ4n) is 1.89. The summed E-state index contributed by atoms with van der Waals surface area (Å²) in [5.41, 5.74) is 5.73. The molecular formula is C11H16N2OS. The van der Waals surface area contributed by atoms with Crippen molar-refractivity contribution in [2.45, 2.75) is 25.3 Å². The van der Waals surface area contributed by atoms with Gasteiger partial charge in [-0.2, -0.15) is 0 Å². The fraction of sp³-hybridized carbons (Fsp3) is 0.545. The highest BCUT2D eigenvalue weighted by atomic mass is 32.1. The second-order valence-corrected chi connectivity index (χ2v) is 4.94. The van der Waals surface area contributed by atoms with Crippen LogP contribution in [0.25, 0.3) is 0 Å². The lowest BCUT2D eigenvalue weighted by Gasteiger charge is -2.30. The van der Waals surface area contributed by atoms with Crippen LogP contribution in [0.4, 0.5) is 0 Å². The Kier molecular flexibility index (Phi) is 3.38. The highest BCUT2D eigenvalue weighted by Gasteiger charge is 2.24. The molecule has 1 atom stereocenters. The van der Waals surface area contributed by atoms with Crippen LogP contribution in [0.2, 0.25) is 0 Å². The topological polar surface area (TPSA) is 46.3 Å². The molecule has 0 aliphatic carbocycles. The van der Waals surface area contributed by atoms with E-state index in [9.17, 15) is 4.79 Å². The average molecular weight is 224 g/mol. The lowest BCUT2D eigenvalue weighted by molar-refractivity contribution is -0.134. The SMILES string of the molecule is NC1CCCN(CCc2cccs2)C1=O. The highest BCUT2D eigenvalue weighted by Crippen LogP contribution is 2.13. The van der Waals surface area contributed by atoms with Crippen molar-refractivity contribution in [3.05, 3.63) is 22.4 Å². The molecule has 2 N–H and O–H groups in total. The molecule has 2 rings (SSSR count). The molecular weight excluding hydrogens is 208 g/mol. The first-order chi connectivity index (χ1) is 7.27. The van der Waals surface area contributed by atoms with E-state index in [-0.39, 0.29) is 11.9 Å². The lowest BCUT2D eigenvalue weighted by atomic mass is 10.1. The molecule has 0 bridgehead atoms. The standard InChI is InChI=1S/C11H16N2OS/c12-10-4-1-6-13(11(10)14)7-5-9-3-2-8-15-9/h2-3,8,10H,1,4-7,12H2. The van der Waals surface area contributed by atoms with E-state index in [1.165, 1.54) is 4.88 Å². The summed E-state index contributed by atoms with van der Waals surface area (Å²) >= 11 is 1.74. The third kappa shape index (κ3) is 2.58. The van der Waals surface area contributed by atoms with Crippen LogP contribution in [-0.4, -0.2) is 29.9 Å². The summed E-state index contributed by atoms with van der Waals surface area (Å²) in [6, 6.07) is 3.89. The molecule has 1 amide bonds. The summed E-state index contributed by atoms with van der Waals surface area (Å²) in [6.07, 6.45) is 2.84. The van der Waals surface area contributed by atoms with Gasteiger partial charge in [0.1, 0.15) is 0 Å². The quantitative estimate of drug-likeness (QED) is 0.839. The minimum Gasteiger partial charge on any atom is -0.341 e. The zero-order chi connectivity index (χ0) is 10.7. The maximum absolute atomic E-state index is 11.7. The molecule has 15 heavy (non-hydrogen) atoms. The largest absolute Gasteiger partial charge is 0.341 e. The first-order valence-corrected chi connectivity index (χ1v) is 6.22. The van der Waals surface area contributed by atoms with Crippen molar-refractivity contribution in [2.75, 3.05) is 13.1 Å². The minimum absolute atomic E-state index is 0.123. The Labute approximate surface area is 93.9 Å². The van der Waals surface area contributed by atoms with Gasteiger partial charge in [0.25, 0.3) is 0 Å². The van der Waals surface area contributed by atoms with E-state index in [0.717, 1.165) is 32.4 Å². The maximum Gasteiger partial charge on any atom is 0.239 e. The van der Waals surface area contributed by atoms with Crippen LogP contribution in [0.15, 0.2) is 17.5 Å². The summed E-state index contributed by atoms with van der Waals surface area (Å²) in [6.45, 7) is 1.69. The number of piperidine rings is 1. The van der Waals surface area contributed by atoms with Gasteiger partial charge in [-0.15, -0.1) is 11.3 Å². The molecule has 1 aliphatic rings. The molecule has 0 saturated carbocycles. The number of thiophene rings is 1. The molecule has 3 nitrogen and oxygen atoms in total. The monoisotopic (exact) mass is 224 g/mol. The van der Waals surface area contributed by atoms with E-state index in [4.69, 9.17) is 5.73 Å². The van der Waals surface area contributed by atoms with Gasteiger partial charge in [-0.3, -0.25) is 4.79 Å². The molecule has 1 fully saturated rings. The number of carbonyl (C=O) groups excluding carboxylic acids is 1. The Morgan fingerprint density at radius 1 is 1.60 bits per heavy atom. The van der Waals surface area contributed by atoms with Crippen LogP contribution in [0.5, 0.6) is 0 Å². The summed E-state index contributed by atoms with van der Waals surface area (Å²) in [4.78, 5) is 14.9. The van der Waals surface area contributed by atoms with Gasteiger partial charge < -0.3 is 10.6 Å². The minimum atomic E-state index is -0.262. The van der Waals surface area contributed by atoms with Crippen LogP contribution in [0.3, 0.4) is 0 Å². The number of rotatable bonds is 3. The Morgan fingerprint density at radius 3 is 3.20 bits per heavy atom. The Balaban J connectivity index is 1.86. The fourth-order valence-corrected chi connectivity index (χ4v) is 2.59. The molecule has 0 spiro atoms. The Morgan fingerprint density at radius 2 is 2.47 bits per heavy atom. The first-order valence-electron chi connectivity index (χ1n) is 5.34. The van der Waals surface area contributed by atoms with Gasteiger partial charge in [-0.1, -0.05) is 6.07 Å². The van der Waals surface area contributed by atoms with Crippen LogP contribution in [0.1, 0.15) is 17.7 Å². The molecule has 82 valence electrons. The number of amides is 1. The van der Waals surface area contributed by atoms with Crippen molar-refractivity contribution >= 4 is 17.2 Å². The summed E-state index contributed by atoms with van der Waals surface area (Å²) in [5, 5.41) is 2.07. The van der Waals surface area contributed by atoms with E-state index in [1.807, 2.05) is 11.0 Å². The maximum atomic E-state index is 11.7. The Hall–Kier alpha value is -0.870. The van der Waals surface area contributed by atoms with Crippen LogP contribution in [0, 0.1) is 0 Å². The average Bonchev–Trinajstić information content (AvgIpc) is 2.73. The van der Waals surface area contributed by atoms with Gasteiger partial charge >= 0.3 is 0 Å². The summed E-state index contributed by atoms with van der Waals surface area (Å²) < 4.78 is 0. The van der Waals surface area contributed by atoms with Gasteiger partial charge in [-0.05, 0) is 30.7 Å². The van der Waals surface area contributed by atoms with Crippen molar-refractivity contribution in [3.63, 3.8) is 0 Å². The molecule has 1 aromatic rings. The molecule has 4 heteroatoms. The van der Waals surface area contributed by atoms with Crippen LogP contribution < -0.4 is 5.73 Å². The third-order valence-electron chi connectivity index (χ3n) is 2.78. The molecule has 0 radical (unpaired) electrons. The van der Waals surface area contributed by atoms with Gasteiger partial charge in [0.2, 0.25) is 5.91 Å². The van der Waals surface area contributed by atoms with Crippen molar-refractivity contribution in [1.29, 1.82) is 0 Å². The number of nitrogens with two attached hydrogens (primary N) is 1. The predicted molar refractivity (Wildman–Crippen MR) is 61.8 cm³/mol. The molecule has 2 heterocycles. The van der Waals surface area contributed by atoms with Gasteiger partial charge in [0, 0.05) is 18.0 Å². The van der Waals surface area contributed by atoms with Crippen molar-refractivity contribution in [1.82, 2.24) is 4.90 Å². The molecule has 1 unspecified atom stereocenters. The van der Waals surface area contributed by atoms with Crippen LogP contribution >= 0.6 is 11.3 Å². The number of carbonyl (C=O) groups is 1.